The fraction of sp³-hybridized carbons (Fsp3) is 0.286. The lowest BCUT2D eigenvalue weighted by Gasteiger charge is -2.17. The van der Waals surface area contributed by atoms with Crippen LogP contribution in [0.2, 0.25) is 0 Å². The van der Waals surface area contributed by atoms with Crippen LogP contribution in [0.4, 0.5) is 0 Å². The summed E-state index contributed by atoms with van der Waals surface area (Å²) in [5.74, 6) is 1.47. The number of carbonyl (C=O) groups excluding carboxylic acids is 1. The first-order chi connectivity index (χ1) is 9.51. The van der Waals surface area contributed by atoms with Crippen molar-refractivity contribution in [2.45, 2.75) is 6.54 Å². The van der Waals surface area contributed by atoms with Gasteiger partial charge in [-0.25, -0.2) is 0 Å². The van der Waals surface area contributed by atoms with E-state index in [0.29, 0.717) is 12.3 Å². The largest absolute Gasteiger partial charge is 0.484 e. The average Bonchev–Trinajstić information content (AvgIpc) is 2.37. The van der Waals surface area contributed by atoms with Gasteiger partial charge in [-0.05, 0) is 17.7 Å². The second kappa shape index (κ2) is 7.81. The Kier molecular flexibility index (Phi) is 6.07. The Morgan fingerprint density at radius 3 is 2.50 bits per heavy atom. The highest BCUT2D eigenvalue weighted by molar-refractivity contribution is 5.75. The molecule has 0 aliphatic heterocycles. The summed E-state index contributed by atoms with van der Waals surface area (Å²) in [6.45, 7) is 0.379. The molecule has 0 spiro atoms. The van der Waals surface area contributed by atoms with Crippen molar-refractivity contribution in [3.63, 3.8) is 0 Å². The zero-order valence-corrected chi connectivity index (χ0v) is 10.9. The number of hydrogen-bond acceptors (Lipinski definition) is 4. The highest BCUT2D eigenvalue weighted by Crippen LogP contribution is 2.13. The number of hydrogen-bond donors (Lipinski definition) is 2. The van der Waals surface area contributed by atoms with Crippen molar-refractivity contribution in [3.8, 4) is 18.1 Å². The zero-order valence-electron chi connectivity index (χ0n) is 10.9. The normalized spacial score (nSPS) is 10.0. The van der Waals surface area contributed by atoms with E-state index >= 15 is 0 Å². The number of nitrogens with two attached hydrogens (primary N) is 1. The van der Waals surface area contributed by atoms with Crippen molar-refractivity contribution in [1.29, 1.82) is 0 Å². The van der Waals surface area contributed by atoms with Gasteiger partial charge in [0.05, 0.1) is 13.1 Å². The second-order valence-corrected chi connectivity index (χ2v) is 4.14. The molecule has 1 rings (SSSR count). The molecular formula is C14H16N2O4. The van der Waals surface area contributed by atoms with Crippen LogP contribution in [0, 0.1) is 12.3 Å². The van der Waals surface area contributed by atoms with Gasteiger partial charge in [0, 0.05) is 6.54 Å². The smallest absolute Gasteiger partial charge is 0.317 e. The van der Waals surface area contributed by atoms with Crippen LogP contribution in [0.3, 0.4) is 0 Å². The van der Waals surface area contributed by atoms with E-state index < -0.39 is 11.9 Å². The van der Waals surface area contributed by atoms with Crippen molar-refractivity contribution in [2.24, 2.45) is 5.73 Å². The van der Waals surface area contributed by atoms with Gasteiger partial charge in [0.25, 0.3) is 5.91 Å². The molecule has 1 aromatic carbocycles. The lowest BCUT2D eigenvalue weighted by atomic mass is 10.2. The summed E-state index contributed by atoms with van der Waals surface area (Å²) in [6.07, 6.45) is 5.20. The number of terminal acetylenes is 1. The lowest BCUT2D eigenvalue weighted by molar-refractivity contribution is -0.138. The Morgan fingerprint density at radius 1 is 1.35 bits per heavy atom. The molecule has 0 saturated carbocycles. The maximum absolute atomic E-state index is 10.7. The van der Waals surface area contributed by atoms with E-state index in [9.17, 15) is 9.59 Å². The molecule has 6 heteroatoms. The van der Waals surface area contributed by atoms with Crippen LogP contribution in [0.5, 0.6) is 5.75 Å². The van der Waals surface area contributed by atoms with E-state index in [0.717, 1.165) is 5.56 Å². The SMILES string of the molecule is C#CCN(CC(=O)O)Cc1ccc(OCC(N)=O)cc1. The molecule has 0 aromatic heterocycles. The molecule has 0 aliphatic carbocycles. The monoisotopic (exact) mass is 276 g/mol. The summed E-state index contributed by atoms with van der Waals surface area (Å²) in [4.78, 5) is 22.9. The van der Waals surface area contributed by atoms with Crippen molar-refractivity contribution < 1.29 is 19.4 Å². The molecule has 20 heavy (non-hydrogen) atoms. The van der Waals surface area contributed by atoms with Crippen LogP contribution >= 0.6 is 0 Å². The van der Waals surface area contributed by atoms with Crippen molar-refractivity contribution in [2.75, 3.05) is 19.7 Å². The lowest BCUT2D eigenvalue weighted by Crippen LogP contribution is -2.29. The topological polar surface area (TPSA) is 92.9 Å². The van der Waals surface area contributed by atoms with Crippen LogP contribution in [0.1, 0.15) is 5.56 Å². The molecule has 6 nitrogen and oxygen atoms in total. The zero-order chi connectivity index (χ0) is 15.0. The van der Waals surface area contributed by atoms with Gasteiger partial charge in [-0.2, -0.15) is 0 Å². The van der Waals surface area contributed by atoms with E-state index in [1.165, 1.54) is 0 Å². The molecule has 0 heterocycles. The van der Waals surface area contributed by atoms with E-state index in [1.54, 1.807) is 29.2 Å². The summed E-state index contributed by atoms with van der Waals surface area (Å²) in [5.41, 5.74) is 5.87. The number of carbonyl (C=O) groups is 2. The highest BCUT2D eigenvalue weighted by Gasteiger charge is 2.09. The first-order valence-electron chi connectivity index (χ1n) is 5.89. The predicted molar refractivity (Wildman–Crippen MR) is 72.9 cm³/mol. The molecule has 3 N–H and O–H groups in total. The molecule has 0 saturated heterocycles. The van der Waals surface area contributed by atoms with E-state index in [4.69, 9.17) is 22.0 Å². The standard InChI is InChI=1S/C14H16N2O4/c1-2-7-16(9-14(18)19)8-11-3-5-12(6-4-11)20-10-13(15)17/h1,3-6H,7-10H2,(H2,15,17)(H,18,19). The number of benzene rings is 1. The van der Waals surface area contributed by atoms with Gasteiger partial charge in [0.1, 0.15) is 5.75 Å². The first kappa shape index (κ1) is 15.5. The third-order valence-corrected chi connectivity index (χ3v) is 2.38. The van der Waals surface area contributed by atoms with E-state index in [1.807, 2.05) is 0 Å². The Labute approximate surface area is 117 Å². The van der Waals surface area contributed by atoms with Crippen LogP contribution in [-0.4, -0.2) is 41.6 Å². The summed E-state index contributed by atoms with van der Waals surface area (Å²) < 4.78 is 5.12. The third kappa shape index (κ3) is 5.89. The molecule has 1 aromatic rings. The number of ether oxygens (including phenoxy) is 1. The van der Waals surface area contributed by atoms with Crippen LogP contribution in [0.15, 0.2) is 24.3 Å². The van der Waals surface area contributed by atoms with Crippen molar-refractivity contribution in [3.05, 3.63) is 29.8 Å². The third-order valence-electron chi connectivity index (χ3n) is 2.38. The summed E-state index contributed by atoms with van der Waals surface area (Å²) in [5, 5.41) is 8.78. The average molecular weight is 276 g/mol. The number of carboxylic acid groups (broad SMARTS) is 1. The molecule has 0 aliphatic rings. The summed E-state index contributed by atoms with van der Waals surface area (Å²) in [6, 6.07) is 6.93. The molecule has 106 valence electrons. The Morgan fingerprint density at radius 2 is 2.00 bits per heavy atom. The summed E-state index contributed by atoms with van der Waals surface area (Å²) in [7, 11) is 0. The van der Waals surface area contributed by atoms with Gasteiger partial charge in [-0.3, -0.25) is 14.5 Å². The minimum atomic E-state index is -0.929. The minimum Gasteiger partial charge on any atom is -0.484 e. The molecule has 0 bridgehead atoms. The van der Waals surface area contributed by atoms with Gasteiger partial charge >= 0.3 is 5.97 Å². The van der Waals surface area contributed by atoms with Crippen molar-refractivity contribution >= 4 is 11.9 Å². The van der Waals surface area contributed by atoms with Gasteiger partial charge in [0.15, 0.2) is 6.61 Å². The van der Waals surface area contributed by atoms with Crippen LogP contribution in [-0.2, 0) is 16.1 Å². The van der Waals surface area contributed by atoms with E-state index in [-0.39, 0.29) is 19.7 Å². The minimum absolute atomic E-state index is 0.121. The fourth-order valence-corrected chi connectivity index (χ4v) is 1.59. The van der Waals surface area contributed by atoms with E-state index in [2.05, 4.69) is 5.92 Å². The molecular weight excluding hydrogens is 260 g/mol. The molecule has 0 radical (unpaired) electrons. The Hall–Kier alpha value is -2.52. The Balaban J connectivity index is 2.60. The number of nitrogens with zero attached hydrogens (tertiary/aromatic N) is 1. The number of aliphatic carboxylic acids is 1. The summed E-state index contributed by atoms with van der Waals surface area (Å²) >= 11 is 0. The maximum atomic E-state index is 10.7. The van der Waals surface area contributed by atoms with Crippen LogP contribution < -0.4 is 10.5 Å². The fourth-order valence-electron chi connectivity index (χ4n) is 1.59. The predicted octanol–water partition coefficient (Wildman–Crippen LogP) is 0.0705. The van der Waals surface area contributed by atoms with Gasteiger partial charge in [-0.15, -0.1) is 6.42 Å². The first-order valence-corrected chi connectivity index (χ1v) is 5.89. The quantitative estimate of drug-likeness (QED) is 0.655. The van der Waals surface area contributed by atoms with Gasteiger partial charge in [-0.1, -0.05) is 18.1 Å². The number of primary amides is 1. The van der Waals surface area contributed by atoms with Gasteiger partial charge < -0.3 is 15.6 Å². The van der Waals surface area contributed by atoms with Gasteiger partial charge in [0.2, 0.25) is 0 Å². The van der Waals surface area contributed by atoms with Crippen molar-refractivity contribution in [1.82, 2.24) is 4.90 Å². The second-order valence-electron chi connectivity index (χ2n) is 4.14. The maximum Gasteiger partial charge on any atom is 0.317 e. The number of amides is 1. The van der Waals surface area contributed by atoms with Crippen LogP contribution in [0.25, 0.3) is 0 Å². The molecule has 0 fully saturated rings. The number of carboxylic acids is 1. The molecule has 1 amide bonds. The highest BCUT2D eigenvalue weighted by atomic mass is 16.5. The Bertz CT molecular complexity index is 505. The number of rotatable bonds is 8. The molecule has 0 atom stereocenters. The molecule has 0 unspecified atom stereocenters.